The molecular weight excluding hydrogens is 392 g/mol. The van der Waals surface area contributed by atoms with Crippen molar-refractivity contribution in [1.29, 1.82) is 0 Å². The Morgan fingerprint density at radius 2 is 1.97 bits per heavy atom. The lowest BCUT2D eigenvalue weighted by Crippen LogP contribution is -2.37. The highest BCUT2D eigenvalue weighted by atomic mass is 32.1. The number of nitrogens with two attached hydrogens (primary N) is 1. The van der Waals surface area contributed by atoms with Crippen LogP contribution in [0.4, 0.5) is 5.69 Å². The third kappa shape index (κ3) is 4.40. The number of amides is 2. The Labute approximate surface area is 173 Å². The summed E-state index contributed by atoms with van der Waals surface area (Å²) in [5.74, 6) is -1.39. The van der Waals surface area contributed by atoms with Crippen molar-refractivity contribution in [2.45, 2.75) is 25.9 Å². The molecule has 0 spiro atoms. The summed E-state index contributed by atoms with van der Waals surface area (Å²) in [6, 6.07) is 9.21. The summed E-state index contributed by atoms with van der Waals surface area (Å²) in [6.07, 6.45) is 3.16. The van der Waals surface area contributed by atoms with E-state index in [9.17, 15) is 14.4 Å². The minimum atomic E-state index is -0.801. The number of thiocarbonyl (C=S) groups is 1. The largest absolute Gasteiger partial charge is 0.462 e. The zero-order valence-corrected chi connectivity index (χ0v) is 16.6. The summed E-state index contributed by atoms with van der Waals surface area (Å²) in [6.45, 7) is 2.31. The van der Waals surface area contributed by atoms with Gasteiger partial charge in [-0.3, -0.25) is 19.5 Å². The number of carbonyl (C=O) groups excluding carboxylic acids is 3. The van der Waals surface area contributed by atoms with E-state index in [1.165, 1.54) is 4.90 Å². The average Bonchev–Trinajstić information content (AvgIpc) is 2.93. The van der Waals surface area contributed by atoms with Gasteiger partial charge >= 0.3 is 5.97 Å². The summed E-state index contributed by atoms with van der Waals surface area (Å²) < 4.78 is 4.97. The molecule has 29 heavy (non-hydrogen) atoms. The van der Waals surface area contributed by atoms with Gasteiger partial charge in [0.1, 0.15) is 6.04 Å². The van der Waals surface area contributed by atoms with Gasteiger partial charge in [-0.15, -0.1) is 0 Å². The van der Waals surface area contributed by atoms with Gasteiger partial charge in [0.15, 0.2) is 5.11 Å². The number of primary amides is 1. The van der Waals surface area contributed by atoms with E-state index in [2.05, 4.69) is 4.98 Å². The second kappa shape index (κ2) is 8.78. The lowest BCUT2D eigenvalue weighted by atomic mass is 10.1. The second-order valence-corrected chi connectivity index (χ2v) is 6.76. The standard InChI is InChI=1S/C20H20N4O4S/c1-2-28-19(27)14-5-7-15(8-6-14)24-18(26)16(10-17(21)25)23(20(24)29)12-13-4-3-9-22-11-13/h3-9,11,16H,2,10,12H2,1H3,(H2,21,25)/t16-/m1/s1. The second-order valence-electron chi connectivity index (χ2n) is 6.40. The molecule has 0 unspecified atom stereocenters. The first-order valence-corrected chi connectivity index (χ1v) is 9.42. The van der Waals surface area contributed by atoms with Gasteiger partial charge in [0.05, 0.1) is 24.3 Å². The molecule has 1 atom stereocenters. The molecule has 0 radical (unpaired) electrons. The molecule has 0 aliphatic carbocycles. The lowest BCUT2D eigenvalue weighted by molar-refractivity contribution is -0.125. The van der Waals surface area contributed by atoms with Crippen LogP contribution in [-0.4, -0.2) is 45.4 Å². The van der Waals surface area contributed by atoms with Gasteiger partial charge in [-0.1, -0.05) is 6.07 Å². The van der Waals surface area contributed by atoms with Crippen LogP contribution in [0.5, 0.6) is 0 Å². The van der Waals surface area contributed by atoms with E-state index in [4.69, 9.17) is 22.7 Å². The summed E-state index contributed by atoms with van der Waals surface area (Å²) in [5, 5.41) is 0.258. The molecule has 8 nitrogen and oxygen atoms in total. The normalized spacial score (nSPS) is 16.2. The van der Waals surface area contributed by atoms with Crippen molar-refractivity contribution in [2.24, 2.45) is 5.73 Å². The monoisotopic (exact) mass is 412 g/mol. The van der Waals surface area contributed by atoms with Gasteiger partial charge in [-0.25, -0.2) is 4.79 Å². The zero-order chi connectivity index (χ0) is 21.0. The number of hydrogen-bond acceptors (Lipinski definition) is 6. The number of pyridine rings is 1. The molecule has 3 rings (SSSR count). The van der Waals surface area contributed by atoms with Crippen LogP contribution in [-0.2, 0) is 20.9 Å². The fraction of sp³-hybridized carbons (Fsp3) is 0.250. The van der Waals surface area contributed by atoms with Gasteiger partial charge in [-0.2, -0.15) is 0 Å². The van der Waals surface area contributed by atoms with E-state index < -0.39 is 17.9 Å². The van der Waals surface area contributed by atoms with Gasteiger partial charge in [0, 0.05) is 18.9 Å². The predicted molar refractivity (Wildman–Crippen MR) is 110 cm³/mol. The summed E-state index contributed by atoms with van der Waals surface area (Å²) >= 11 is 5.54. The van der Waals surface area contributed by atoms with Crippen LogP contribution in [0.15, 0.2) is 48.8 Å². The third-order valence-corrected chi connectivity index (χ3v) is 4.84. The Morgan fingerprint density at radius 1 is 1.24 bits per heavy atom. The van der Waals surface area contributed by atoms with E-state index in [1.807, 2.05) is 6.07 Å². The van der Waals surface area contributed by atoms with Crippen molar-refractivity contribution in [3.63, 3.8) is 0 Å². The molecule has 9 heteroatoms. The molecular formula is C20H20N4O4S. The molecule has 1 aliphatic rings. The number of benzene rings is 1. The van der Waals surface area contributed by atoms with E-state index in [-0.39, 0.29) is 24.0 Å². The molecule has 0 saturated carbocycles. The van der Waals surface area contributed by atoms with Gasteiger partial charge in [0.25, 0.3) is 5.91 Å². The highest BCUT2D eigenvalue weighted by Gasteiger charge is 2.43. The maximum Gasteiger partial charge on any atom is 0.338 e. The number of rotatable bonds is 7. The molecule has 1 aromatic carbocycles. The molecule has 2 N–H and O–H groups in total. The number of aromatic nitrogens is 1. The van der Waals surface area contributed by atoms with Gasteiger partial charge in [0.2, 0.25) is 5.91 Å². The summed E-state index contributed by atoms with van der Waals surface area (Å²) in [4.78, 5) is 43.5. The number of hydrogen-bond donors (Lipinski definition) is 1. The first kappa shape index (κ1) is 20.4. The van der Waals surface area contributed by atoms with Crippen molar-refractivity contribution in [2.75, 3.05) is 11.5 Å². The molecule has 1 fully saturated rings. The maximum atomic E-state index is 13.1. The topological polar surface area (TPSA) is 106 Å². The quantitative estimate of drug-likeness (QED) is 0.544. The number of carbonyl (C=O) groups is 3. The van der Waals surface area contributed by atoms with Crippen molar-refractivity contribution in [1.82, 2.24) is 9.88 Å². The zero-order valence-electron chi connectivity index (χ0n) is 15.8. The van der Waals surface area contributed by atoms with Crippen LogP contribution >= 0.6 is 12.2 Å². The minimum absolute atomic E-state index is 0.156. The van der Waals surface area contributed by atoms with E-state index >= 15 is 0 Å². The molecule has 2 amide bonds. The Balaban J connectivity index is 1.89. The van der Waals surface area contributed by atoms with Crippen molar-refractivity contribution < 1.29 is 19.1 Å². The molecule has 2 heterocycles. The highest BCUT2D eigenvalue weighted by Crippen LogP contribution is 2.28. The van der Waals surface area contributed by atoms with E-state index in [0.29, 0.717) is 17.8 Å². The first-order chi connectivity index (χ1) is 13.9. The van der Waals surface area contributed by atoms with E-state index in [1.54, 1.807) is 54.5 Å². The van der Waals surface area contributed by atoms with Crippen LogP contribution in [0.25, 0.3) is 0 Å². The van der Waals surface area contributed by atoms with Crippen LogP contribution in [0.3, 0.4) is 0 Å². The van der Waals surface area contributed by atoms with Crippen molar-refractivity contribution in [3.05, 3.63) is 59.9 Å². The fourth-order valence-electron chi connectivity index (χ4n) is 3.09. The predicted octanol–water partition coefficient (Wildman–Crippen LogP) is 1.64. The Hall–Kier alpha value is -3.33. The Bertz CT molecular complexity index is 933. The smallest absolute Gasteiger partial charge is 0.338 e. The maximum absolute atomic E-state index is 13.1. The van der Waals surface area contributed by atoms with Gasteiger partial charge in [-0.05, 0) is 55.0 Å². The molecule has 1 saturated heterocycles. The Kier molecular flexibility index (Phi) is 6.18. The SMILES string of the molecule is CCOC(=O)c1ccc(N2C(=O)[C@@H](CC(N)=O)N(Cc3cccnc3)C2=S)cc1. The average molecular weight is 412 g/mol. The minimum Gasteiger partial charge on any atom is -0.462 e. The number of ether oxygens (including phenoxy) is 1. The van der Waals surface area contributed by atoms with Crippen molar-refractivity contribution in [3.8, 4) is 0 Å². The van der Waals surface area contributed by atoms with Crippen LogP contribution in [0, 0.1) is 0 Å². The molecule has 0 bridgehead atoms. The van der Waals surface area contributed by atoms with E-state index in [0.717, 1.165) is 5.56 Å². The third-order valence-electron chi connectivity index (χ3n) is 4.43. The number of anilines is 1. The fourth-order valence-corrected chi connectivity index (χ4v) is 3.48. The first-order valence-electron chi connectivity index (χ1n) is 9.01. The number of esters is 1. The molecule has 1 aromatic heterocycles. The van der Waals surface area contributed by atoms with Crippen LogP contribution < -0.4 is 10.6 Å². The Morgan fingerprint density at radius 3 is 2.55 bits per heavy atom. The number of nitrogens with zero attached hydrogens (tertiary/aromatic N) is 3. The summed E-state index contributed by atoms with van der Waals surface area (Å²) in [5.41, 5.74) is 7.07. The van der Waals surface area contributed by atoms with Crippen LogP contribution in [0.1, 0.15) is 29.3 Å². The van der Waals surface area contributed by atoms with Crippen molar-refractivity contribution >= 4 is 40.8 Å². The summed E-state index contributed by atoms with van der Waals surface area (Å²) in [7, 11) is 0. The lowest BCUT2D eigenvalue weighted by Gasteiger charge is -2.23. The van der Waals surface area contributed by atoms with Crippen LogP contribution in [0.2, 0.25) is 0 Å². The highest BCUT2D eigenvalue weighted by molar-refractivity contribution is 7.80. The van der Waals surface area contributed by atoms with Gasteiger partial charge < -0.3 is 15.4 Å². The molecule has 2 aromatic rings. The molecule has 150 valence electrons. The molecule has 1 aliphatic heterocycles.